The molecule has 4 rings (SSSR count). The normalized spacial score (nSPS) is 19.8. The summed E-state index contributed by atoms with van der Waals surface area (Å²) in [6.07, 6.45) is -0.447. The summed E-state index contributed by atoms with van der Waals surface area (Å²) in [6, 6.07) is 30.0. The van der Waals surface area contributed by atoms with E-state index >= 15 is 0 Å². The third-order valence-electron chi connectivity index (χ3n) is 6.26. The SMILES string of the molecule is Cc1ccc(OC[C@H](O)C[NH+]2CC[NH+](C(c3ccccc3)c3ccccc3)CC2)cc1. The molecule has 31 heavy (non-hydrogen) atoms. The average molecular weight is 419 g/mol. The number of hydrogen-bond donors (Lipinski definition) is 3. The van der Waals surface area contributed by atoms with Crippen LogP contribution in [0.3, 0.4) is 0 Å². The van der Waals surface area contributed by atoms with Gasteiger partial charge in [-0.3, -0.25) is 0 Å². The number of aliphatic hydroxyl groups is 1. The Morgan fingerprint density at radius 3 is 1.87 bits per heavy atom. The first-order valence-electron chi connectivity index (χ1n) is 11.3. The molecular weight excluding hydrogens is 384 g/mol. The predicted molar refractivity (Wildman–Crippen MR) is 124 cm³/mol. The predicted octanol–water partition coefficient (Wildman–Crippen LogP) is 1.31. The van der Waals surface area contributed by atoms with E-state index in [1.807, 2.05) is 24.3 Å². The van der Waals surface area contributed by atoms with Gasteiger partial charge >= 0.3 is 0 Å². The summed E-state index contributed by atoms with van der Waals surface area (Å²) in [5.41, 5.74) is 3.96. The first-order chi connectivity index (χ1) is 15.2. The van der Waals surface area contributed by atoms with Gasteiger partial charge in [-0.1, -0.05) is 78.4 Å². The molecule has 1 aliphatic rings. The van der Waals surface area contributed by atoms with Gasteiger partial charge in [-0.2, -0.15) is 0 Å². The van der Waals surface area contributed by atoms with Crippen LogP contribution in [0.5, 0.6) is 5.75 Å². The Kier molecular flexibility index (Phi) is 7.36. The Morgan fingerprint density at radius 1 is 0.774 bits per heavy atom. The summed E-state index contributed by atoms with van der Waals surface area (Å²) in [7, 11) is 0. The first kappa shape index (κ1) is 21.6. The monoisotopic (exact) mass is 418 g/mol. The zero-order valence-corrected chi connectivity index (χ0v) is 18.3. The summed E-state index contributed by atoms with van der Waals surface area (Å²) in [4.78, 5) is 3.06. The molecule has 4 nitrogen and oxygen atoms in total. The van der Waals surface area contributed by atoms with Crippen molar-refractivity contribution in [3.05, 3.63) is 102 Å². The average Bonchev–Trinajstić information content (AvgIpc) is 2.81. The van der Waals surface area contributed by atoms with Crippen LogP contribution in [0.25, 0.3) is 0 Å². The molecule has 1 aliphatic heterocycles. The smallest absolute Gasteiger partial charge is 0.139 e. The molecule has 162 valence electrons. The Hall–Kier alpha value is -2.66. The van der Waals surface area contributed by atoms with E-state index in [2.05, 4.69) is 67.6 Å². The van der Waals surface area contributed by atoms with Crippen molar-refractivity contribution in [2.75, 3.05) is 39.3 Å². The van der Waals surface area contributed by atoms with Gasteiger partial charge in [0.25, 0.3) is 0 Å². The van der Waals surface area contributed by atoms with Gasteiger partial charge in [0.15, 0.2) is 0 Å². The van der Waals surface area contributed by atoms with Crippen molar-refractivity contribution in [1.29, 1.82) is 0 Å². The van der Waals surface area contributed by atoms with E-state index in [1.165, 1.54) is 21.6 Å². The number of piperazine rings is 1. The van der Waals surface area contributed by atoms with Crippen molar-refractivity contribution in [3.8, 4) is 5.75 Å². The van der Waals surface area contributed by atoms with Crippen molar-refractivity contribution >= 4 is 0 Å². The summed E-state index contributed by atoms with van der Waals surface area (Å²) in [5, 5.41) is 10.5. The lowest BCUT2D eigenvalue weighted by molar-refractivity contribution is -1.02. The molecule has 3 aromatic carbocycles. The molecule has 0 radical (unpaired) electrons. The van der Waals surface area contributed by atoms with Gasteiger partial charge < -0.3 is 19.6 Å². The fraction of sp³-hybridized carbons (Fsp3) is 0.333. The summed E-state index contributed by atoms with van der Waals surface area (Å²) < 4.78 is 5.77. The van der Waals surface area contributed by atoms with Crippen molar-refractivity contribution < 1.29 is 19.6 Å². The minimum absolute atomic E-state index is 0.347. The van der Waals surface area contributed by atoms with Crippen molar-refractivity contribution in [1.82, 2.24) is 0 Å². The lowest BCUT2D eigenvalue weighted by atomic mass is 9.96. The fourth-order valence-electron chi connectivity index (χ4n) is 4.59. The van der Waals surface area contributed by atoms with Crippen molar-refractivity contribution in [2.45, 2.75) is 19.1 Å². The molecule has 4 heteroatoms. The second-order valence-corrected chi connectivity index (χ2v) is 8.64. The first-order valence-corrected chi connectivity index (χ1v) is 11.3. The van der Waals surface area contributed by atoms with E-state index in [0.29, 0.717) is 12.6 Å². The molecule has 3 aromatic rings. The van der Waals surface area contributed by atoms with Crippen LogP contribution < -0.4 is 14.5 Å². The molecule has 0 saturated carbocycles. The van der Waals surface area contributed by atoms with Crippen LogP contribution in [-0.4, -0.2) is 50.5 Å². The highest BCUT2D eigenvalue weighted by Crippen LogP contribution is 2.18. The van der Waals surface area contributed by atoms with Crippen LogP contribution in [0.15, 0.2) is 84.9 Å². The molecule has 1 fully saturated rings. The van der Waals surface area contributed by atoms with E-state index in [-0.39, 0.29) is 0 Å². The van der Waals surface area contributed by atoms with Gasteiger partial charge in [-0.25, -0.2) is 0 Å². The second-order valence-electron chi connectivity index (χ2n) is 8.64. The highest BCUT2D eigenvalue weighted by molar-refractivity contribution is 5.29. The lowest BCUT2D eigenvalue weighted by Crippen LogP contribution is -3.28. The van der Waals surface area contributed by atoms with Gasteiger partial charge in [0.1, 0.15) is 57.2 Å². The zero-order valence-electron chi connectivity index (χ0n) is 18.3. The maximum atomic E-state index is 10.5. The summed E-state index contributed by atoms with van der Waals surface area (Å²) in [5.74, 6) is 0.822. The lowest BCUT2D eigenvalue weighted by Gasteiger charge is -2.35. The Morgan fingerprint density at radius 2 is 1.32 bits per heavy atom. The zero-order chi connectivity index (χ0) is 21.5. The van der Waals surface area contributed by atoms with E-state index in [9.17, 15) is 5.11 Å². The molecule has 1 saturated heterocycles. The molecule has 0 unspecified atom stereocenters. The molecule has 0 bridgehead atoms. The van der Waals surface area contributed by atoms with Gasteiger partial charge in [-0.15, -0.1) is 0 Å². The molecule has 0 aromatic heterocycles. The second kappa shape index (κ2) is 10.6. The Balaban J connectivity index is 1.32. The molecule has 3 N–H and O–H groups in total. The number of aliphatic hydroxyl groups excluding tert-OH is 1. The maximum absolute atomic E-state index is 10.5. The number of quaternary nitrogens is 2. The molecule has 1 atom stereocenters. The van der Waals surface area contributed by atoms with Crippen LogP contribution in [0, 0.1) is 6.92 Å². The van der Waals surface area contributed by atoms with Crippen molar-refractivity contribution in [3.63, 3.8) is 0 Å². The van der Waals surface area contributed by atoms with E-state index in [1.54, 1.807) is 4.90 Å². The van der Waals surface area contributed by atoms with Gasteiger partial charge in [0.05, 0.1) is 0 Å². The topological polar surface area (TPSA) is 38.3 Å². The van der Waals surface area contributed by atoms with Crippen LogP contribution in [0.1, 0.15) is 22.7 Å². The molecule has 0 amide bonds. The number of nitrogens with one attached hydrogen (secondary N) is 2. The highest BCUT2D eigenvalue weighted by atomic mass is 16.5. The maximum Gasteiger partial charge on any atom is 0.139 e. The van der Waals surface area contributed by atoms with Crippen LogP contribution >= 0.6 is 0 Å². The van der Waals surface area contributed by atoms with E-state index < -0.39 is 6.10 Å². The number of rotatable bonds is 8. The van der Waals surface area contributed by atoms with Crippen LogP contribution in [0.4, 0.5) is 0 Å². The minimum Gasteiger partial charge on any atom is -0.491 e. The third kappa shape index (κ3) is 5.95. The summed E-state index contributed by atoms with van der Waals surface area (Å²) in [6.45, 7) is 7.45. The molecule has 1 heterocycles. The Labute approximate surface area is 185 Å². The number of hydrogen-bond acceptors (Lipinski definition) is 2. The quantitative estimate of drug-likeness (QED) is 0.516. The summed E-state index contributed by atoms with van der Waals surface area (Å²) >= 11 is 0. The van der Waals surface area contributed by atoms with Crippen LogP contribution in [-0.2, 0) is 0 Å². The van der Waals surface area contributed by atoms with Crippen LogP contribution in [0.2, 0.25) is 0 Å². The van der Waals surface area contributed by atoms with Crippen molar-refractivity contribution in [2.24, 2.45) is 0 Å². The van der Waals surface area contributed by atoms with Gasteiger partial charge in [0.2, 0.25) is 0 Å². The highest BCUT2D eigenvalue weighted by Gasteiger charge is 2.32. The standard InChI is InChI=1S/C27H32N2O2/c1-22-12-14-26(15-13-22)31-21-25(30)20-28-16-18-29(19-17-28)27(23-8-4-2-5-9-23)24-10-6-3-7-11-24/h2-15,25,27,30H,16-21H2,1H3/p+2/t25-/m1/s1. The van der Waals surface area contributed by atoms with Gasteiger partial charge in [0, 0.05) is 11.1 Å². The number of benzene rings is 3. The number of aryl methyl sites for hydroxylation is 1. The molecule has 0 aliphatic carbocycles. The Bertz CT molecular complexity index is 867. The molecule has 0 spiro atoms. The van der Waals surface area contributed by atoms with E-state index in [4.69, 9.17) is 4.74 Å². The largest absolute Gasteiger partial charge is 0.491 e. The molecular formula is C27H34N2O2+2. The minimum atomic E-state index is -0.447. The van der Waals surface area contributed by atoms with E-state index in [0.717, 1.165) is 38.5 Å². The fourth-order valence-corrected chi connectivity index (χ4v) is 4.59. The number of ether oxygens (including phenoxy) is 1. The van der Waals surface area contributed by atoms with Gasteiger partial charge in [-0.05, 0) is 19.1 Å². The third-order valence-corrected chi connectivity index (χ3v) is 6.26.